The maximum Gasteiger partial charge on any atom is 0.275 e. The molecule has 1 aliphatic heterocycles. The maximum atomic E-state index is 11.8. The van der Waals surface area contributed by atoms with E-state index in [2.05, 4.69) is 15.3 Å². The number of amides is 1. The average Bonchev–Trinajstić information content (AvgIpc) is 3.02. The molecule has 18 heavy (non-hydrogen) atoms. The first-order valence-electron chi connectivity index (χ1n) is 5.39. The molecule has 0 aromatic carbocycles. The van der Waals surface area contributed by atoms with Gasteiger partial charge in [0.1, 0.15) is 11.4 Å². The Morgan fingerprint density at radius 2 is 2.17 bits per heavy atom. The Balaban J connectivity index is 1.95. The zero-order chi connectivity index (χ0) is 12.4. The Bertz CT molecular complexity index is 630. The van der Waals surface area contributed by atoms with Crippen LogP contribution in [0.15, 0.2) is 52.6 Å². The first-order valence-corrected chi connectivity index (χ1v) is 6.27. The number of hydrogen-bond donors (Lipinski definition) is 1. The quantitative estimate of drug-likeness (QED) is 0.835. The normalized spacial score (nSPS) is 16.8. The van der Waals surface area contributed by atoms with Gasteiger partial charge in [-0.1, -0.05) is 12.1 Å². The first-order chi connectivity index (χ1) is 8.83. The monoisotopic (exact) mass is 255 g/mol. The molecule has 2 aromatic rings. The van der Waals surface area contributed by atoms with Crippen LogP contribution in [0.5, 0.6) is 0 Å². The molecule has 0 fully saturated rings. The van der Waals surface area contributed by atoms with Crippen LogP contribution in [0.3, 0.4) is 0 Å². The molecule has 1 aliphatic rings. The summed E-state index contributed by atoms with van der Waals surface area (Å²) in [6, 6.07) is 9.38. The summed E-state index contributed by atoms with van der Waals surface area (Å²) in [5, 5.41) is 4.68. The number of hydrogen-bond acceptors (Lipinski definition) is 4. The van der Waals surface area contributed by atoms with Crippen LogP contribution in [0.2, 0.25) is 0 Å². The number of aromatic nitrogens is 1. The Kier molecular flexibility index (Phi) is 2.74. The van der Waals surface area contributed by atoms with Gasteiger partial charge in [0, 0.05) is 11.1 Å². The van der Waals surface area contributed by atoms with E-state index in [1.807, 2.05) is 35.7 Å². The lowest BCUT2D eigenvalue weighted by atomic mass is 10.3. The van der Waals surface area contributed by atoms with Crippen LogP contribution >= 0.6 is 11.3 Å². The zero-order valence-electron chi connectivity index (χ0n) is 9.33. The molecule has 0 atom stereocenters. The second kappa shape index (κ2) is 4.54. The van der Waals surface area contributed by atoms with Gasteiger partial charge in [0.15, 0.2) is 5.84 Å². The van der Waals surface area contributed by atoms with E-state index in [4.69, 9.17) is 0 Å². The van der Waals surface area contributed by atoms with Crippen molar-refractivity contribution >= 4 is 29.2 Å². The molecule has 0 aliphatic carbocycles. The van der Waals surface area contributed by atoms with Gasteiger partial charge in [0.25, 0.3) is 5.91 Å². The van der Waals surface area contributed by atoms with Gasteiger partial charge in [-0.05, 0) is 29.7 Å². The van der Waals surface area contributed by atoms with Crippen molar-refractivity contribution < 1.29 is 4.79 Å². The molecule has 3 heterocycles. The Labute approximate surface area is 108 Å². The standard InChI is InChI=1S/C13H9N3OS/c17-13-11(8-9-4-3-7-18-9)15-12(16-13)10-5-1-2-6-14-10/h1-8H,(H,15,16,17)/b11-8+. The smallest absolute Gasteiger partial charge is 0.275 e. The van der Waals surface area contributed by atoms with Gasteiger partial charge in [-0.3, -0.25) is 9.78 Å². The molecule has 0 saturated carbocycles. The second-order valence-electron chi connectivity index (χ2n) is 3.67. The van der Waals surface area contributed by atoms with Crippen molar-refractivity contribution in [3.8, 4) is 0 Å². The van der Waals surface area contributed by atoms with Gasteiger partial charge in [-0.2, -0.15) is 0 Å². The number of nitrogens with zero attached hydrogens (tertiary/aromatic N) is 2. The van der Waals surface area contributed by atoms with Crippen molar-refractivity contribution in [2.45, 2.75) is 0 Å². The highest BCUT2D eigenvalue weighted by Crippen LogP contribution is 2.17. The van der Waals surface area contributed by atoms with Gasteiger partial charge in [-0.25, -0.2) is 4.99 Å². The lowest BCUT2D eigenvalue weighted by Crippen LogP contribution is -2.25. The minimum absolute atomic E-state index is 0.191. The summed E-state index contributed by atoms with van der Waals surface area (Å²) in [6.45, 7) is 0. The maximum absolute atomic E-state index is 11.8. The number of thiophene rings is 1. The van der Waals surface area contributed by atoms with E-state index in [9.17, 15) is 4.79 Å². The van der Waals surface area contributed by atoms with Crippen molar-refractivity contribution in [3.05, 3.63) is 58.2 Å². The molecule has 4 nitrogen and oxygen atoms in total. The molecule has 1 amide bonds. The Morgan fingerprint density at radius 3 is 2.89 bits per heavy atom. The Hall–Kier alpha value is -2.27. The number of carbonyl (C=O) groups excluding carboxylic acids is 1. The minimum Gasteiger partial charge on any atom is -0.303 e. The van der Waals surface area contributed by atoms with Crippen molar-refractivity contribution in [2.24, 2.45) is 4.99 Å². The SMILES string of the molecule is O=C1NC(c2ccccn2)=N/C1=C/c1cccs1. The van der Waals surface area contributed by atoms with E-state index in [-0.39, 0.29) is 5.91 Å². The highest BCUT2D eigenvalue weighted by molar-refractivity contribution is 7.10. The van der Waals surface area contributed by atoms with Crippen molar-refractivity contribution in [2.75, 3.05) is 0 Å². The number of carbonyl (C=O) groups is 1. The third-order valence-corrected chi connectivity index (χ3v) is 3.25. The number of pyridine rings is 1. The third kappa shape index (κ3) is 2.08. The topological polar surface area (TPSA) is 54.4 Å². The summed E-state index contributed by atoms with van der Waals surface area (Å²) in [5.41, 5.74) is 1.08. The molecule has 0 unspecified atom stereocenters. The predicted octanol–water partition coefficient (Wildman–Crippen LogP) is 2.06. The summed E-state index contributed by atoms with van der Waals surface area (Å²) in [5.74, 6) is 0.312. The third-order valence-electron chi connectivity index (χ3n) is 2.43. The van der Waals surface area contributed by atoms with Gasteiger partial charge < -0.3 is 5.32 Å². The molecule has 5 heteroatoms. The Morgan fingerprint density at radius 1 is 1.22 bits per heavy atom. The van der Waals surface area contributed by atoms with Crippen LogP contribution in [0, 0.1) is 0 Å². The molecule has 2 aromatic heterocycles. The molecule has 88 valence electrons. The molecule has 0 bridgehead atoms. The first kappa shape index (κ1) is 10.9. The fraction of sp³-hybridized carbons (Fsp3) is 0. The summed E-state index contributed by atoms with van der Waals surface area (Å²) in [7, 11) is 0. The zero-order valence-corrected chi connectivity index (χ0v) is 10.1. The van der Waals surface area contributed by atoms with Crippen LogP contribution in [-0.2, 0) is 4.79 Å². The van der Waals surface area contributed by atoms with E-state index in [1.165, 1.54) is 0 Å². The second-order valence-corrected chi connectivity index (χ2v) is 4.65. The largest absolute Gasteiger partial charge is 0.303 e. The van der Waals surface area contributed by atoms with Gasteiger partial charge in [-0.15, -0.1) is 11.3 Å². The molecular weight excluding hydrogens is 246 g/mol. The number of rotatable bonds is 2. The van der Waals surface area contributed by atoms with Crippen LogP contribution in [0.1, 0.15) is 10.6 Å². The average molecular weight is 255 g/mol. The summed E-state index contributed by atoms with van der Waals surface area (Å²) in [6.07, 6.45) is 3.45. The number of aliphatic imine (C=N–C) groups is 1. The van der Waals surface area contributed by atoms with Crippen LogP contribution in [0.25, 0.3) is 6.08 Å². The molecular formula is C13H9N3OS. The lowest BCUT2D eigenvalue weighted by Gasteiger charge is -1.97. The van der Waals surface area contributed by atoms with Crippen molar-refractivity contribution in [1.29, 1.82) is 0 Å². The van der Waals surface area contributed by atoms with E-state index in [0.717, 1.165) is 4.88 Å². The highest BCUT2D eigenvalue weighted by atomic mass is 32.1. The molecule has 0 radical (unpaired) electrons. The number of nitrogens with one attached hydrogen (secondary N) is 1. The van der Waals surface area contributed by atoms with E-state index < -0.39 is 0 Å². The predicted molar refractivity (Wildman–Crippen MR) is 71.2 cm³/mol. The van der Waals surface area contributed by atoms with Crippen molar-refractivity contribution in [3.63, 3.8) is 0 Å². The molecule has 1 N–H and O–H groups in total. The molecule has 3 rings (SSSR count). The van der Waals surface area contributed by atoms with E-state index >= 15 is 0 Å². The highest BCUT2D eigenvalue weighted by Gasteiger charge is 2.21. The van der Waals surface area contributed by atoms with Crippen LogP contribution in [-0.4, -0.2) is 16.7 Å². The van der Waals surface area contributed by atoms with E-state index in [0.29, 0.717) is 17.2 Å². The fourth-order valence-corrected chi connectivity index (χ4v) is 2.25. The minimum atomic E-state index is -0.191. The number of amidine groups is 1. The molecule has 0 saturated heterocycles. The van der Waals surface area contributed by atoms with Crippen LogP contribution < -0.4 is 5.32 Å². The fourth-order valence-electron chi connectivity index (χ4n) is 1.60. The van der Waals surface area contributed by atoms with Crippen LogP contribution in [0.4, 0.5) is 0 Å². The molecule has 0 spiro atoms. The summed E-state index contributed by atoms with van der Waals surface area (Å²) >= 11 is 1.57. The van der Waals surface area contributed by atoms with Gasteiger partial charge >= 0.3 is 0 Å². The van der Waals surface area contributed by atoms with Gasteiger partial charge in [0.2, 0.25) is 0 Å². The van der Waals surface area contributed by atoms with E-state index in [1.54, 1.807) is 23.6 Å². The lowest BCUT2D eigenvalue weighted by molar-refractivity contribution is -0.115. The van der Waals surface area contributed by atoms with Gasteiger partial charge in [0.05, 0.1) is 0 Å². The summed E-state index contributed by atoms with van der Waals surface area (Å²) in [4.78, 5) is 21.2. The summed E-state index contributed by atoms with van der Waals surface area (Å²) < 4.78 is 0. The van der Waals surface area contributed by atoms with Crippen molar-refractivity contribution in [1.82, 2.24) is 10.3 Å².